The van der Waals surface area contributed by atoms with E-state index in [9.17, 15) is 9.59 Å². The first-order valence-corrected chi connectivity index (χ1v) is 8.32. The van der Waals surface area contributed by atoms with Gasteiger partial charge in [-0.3, -0.25) is 14.6 Å². The molecule has 1 fully saturated rings. The minimum absolute atomic E-state index is 0.0775. The van der Waals surface area contributed by atoms with E-state index in [1.807, 2.05) is 13.1 Å². The van der Waals surface area contributed by atoms with Crippen molar-refractivity contribution in [3.8, 4) is 0 Å². The summed E-state index contributed by atoms with van der Waals surface area (Å²) in [6.45, 7) is 6.73. The zero-order chi connectivity index (χ0) is 16.4. The summed E-state index contributed by atoms with van der Waals surface area (Å²) in [4.78, 5) is 30.3. The van der Waals surface area contributed by atoms with Gasteiger partial charge in [0.2, 0.25) is 11.8 Å². The number of carbonyl (C=O) groups is 2. The Labute approximate surface area is 136 Å². The zero-order valence-corrected chi connectivity index (χ0v) is 13.8. The van der Waals surface area contributed by atoms with Crippen LogP contribution < -0.4 is 10.6 Å². The van der Waals surface area contributed by atoms with Crippen molar-refractivity contribution in [1.82, 2.24) is 20.5 Å². The molecule has 1 atom stereocenters. The molecule has 1 saturated heterocycles. The van der Waals surface area contributed by atoms with Gasteiger partial charge in [-0.2, -0.15) is 0 Å². The predicted molar refractivity (Wildman–Crippen MR) is 86.6 cm³/mol. The van der Waals surface area contributed by atoms with Gasteiger partial charge in [-0.15, -0.1) is 0 Å². The Morgan fingerprint density at radius 2 is 2.30 bits per heavy atom. The molecule has 1 aromatic heterocycles. The lowest BCUT2D eigenvalue weighted by Crippen LogP contribution is -2.45. The van der Waals surface area contributed by atoms with Crippen molar-refractivity contribution in [3.63, 3.8) is 0 Å². The maximum Gasteiger partial charge on any atom is 0.242 e. The van der Waals surface area contributed by atoms with E-state index in [4.69, 9.17) is 0 Å². The lowest BCUT2D eigenvalue weighted by atomic mass is 9.96. The molecule has 1 aromatic rings. The Morgan fingerprint density at radius 3 is 3.04 bits per heavy atom. The van der Waals surface area contributed by atoms with E-state index in [-0.39, 0.29) is 11.8 Å². The van der Waals surface area contributed by atoms with Crippen LogP contribution in [0.25, 0.3) is 0 Å². The van der Waals surface area contributed by atoms with E-state index in [2.05, 4.69) is 15.6 Å². The summed E-state index contributed by atoms with van der Waals surface area (Å²) in [5.74, 6) is -0.0140. The number of pyridine rings is 1. The number of nitrogens with one attached hydrogen (secondary N) is 2. The van der Waals surface area contributed by atoms with Gasteiger partial charge in [0, 0.05) is 37.9 Å². The topological polar surface area (TPSA) is 74.3 Å². The highest BCUT2D eigenvalue weighted by Crippen LogP contribution is 2.20. The molecule has 0 aliphatic carbocycles. The van der Waals surface area contributed by atoms with Crippen LogP contribution in [0.5, 0.6) is 0 Å². The standard InChI is InChI=1S/C17H24N4O2/c1-11-15(14-5-6-18-8-13(14)9-19-11)10-20-17(23)12(2)21-7-3-4-16(21)22/h9,12,18H,3-8,10H2,1-2H3,(H,20,23)/t12-/m1/s1. The van der Waals surface area contributed by atoms with Crippen LogP contribution in [0.3, 0.4) is 0 Å². The molecule has 0 aromatic carbocycles. The van der Waals surface area contributed by atoms with Crippen LogP contribution in [0.4, 0.5) is 0 Å². The third-order valence-electron chi connectivity index (χ3n) is 4.87. The number of amides is 2. The Bertz CT molecular complexity index is 629. The van der Waals surface area contributed by atoms with Crippen molar-refractivity contribution < 1.29 is 9.59 Å². The molecule has 3 heterocycles. The molecule has 3 rings (SSSR count). The molecule has 0 saturated carbocycles. The third-order valence-corrected chi connectivity index (χ3v) is 4.87. The fourth-order valence-corrected chi connectivity index (χ4v) is 3.42. The Balaban J connectivity index is 1.68. The first-order chi connectivity index (χ1) is 11.1. The van der Waals surface area contributed by atoms with Crippen LogP contribution in [0.15, 0.2) is 6.20 Å². The summed E-state index contributed by atoms with van der Waals surface area (Å²) < 4.78 is 0. The van der Waals surface area contributed by atoms with Crippen molar-refractivity contribution >= 4 is 11.8 Å². The Kier molecular flexibility index (Phi) is 4.61. The van der Waals surface area contributed by atoms with Gasteiger partial charge in [-0.05, 0) is 49.9 Å². The molecule has 0 unspecified atom stereocenters. The molecule has 6 heteroatoms. The molecule has 2 aliphatic rings. The summed E-state index contributed by atoms with van der Waals surface area (Å²) in [7, 11) is 0. The van der Waals surface area contributed by atoms with E-state index in [1.165, 1.54) is 11.1 Å². The van der Waals surface area contributed by atoms with Gasteiger partial charge >= 0.3 is 0 Å². The molecule has 2 N–H and O–H groups in total. The first kappa shape index (κ1) is 15.9. The van der Waals surface area contributed by atoms with Crippen molar-refractivity contribution in [2.75, 3.05) is 13.1 Å². The minimum atomic E-state index is -0.403. The average molecular weight is 316 g/mol. The first-order valence-electron chi connectivity index (χ1n) is 8.32. The molecule has 0 bridgehead atoms. The van der Waals surface area contributed by atoms with Crippen LogP contribution >= 0.6 is 0 Å². The van der Waals surface area contributed by atoms with Gasteiger partial charge in [0.15, 0.2) is 0 Å². The lowest BCUT2D eigenvalue weighted by molar-refractivity contribution is -0.136. The summed E-state index contributed by atoms with van der Waals surface area (Å²) in [6, 6.07) is -0.403. The molecular formula is C17H24N4O2. The molecule has 0 radical (unpaired) electrons. The highest BCUT2D eigenvalue weighted by Gasteiger charge is 2.29. The van der Waals surface area contributed by atoms with Crippen LogP contribution in [0, 0.1) is 6.92 Å². The Morgan fingerprint density at radius 1 is 1.48 bits per heavy atom. The fraction of sp³-hybridized carbons (Fsp3) is 0.588. The van der Waals surface area contributed by atoms with Gasteiger partial charge in [0.25, 0.3) is 0 Å². The summed E-state index contributed by atoms with van der Waals surface area (Å²) in [6.07, 6.45) is 4.29. The zero-order valence-electron chi connectivity index (χ0n) is 13.8. The second kappa shape index (κ2) is 6.66. The number of nitrogens with zero attached hydrogens (tertiary/aromatic N) is 2. The number of rotatable bonds is 4. The third kappa shape index (κ3) is 3.22. The van der Waals surface area contributed by atoms with Crippen LogP contribution in [0.1, 0.15) is 42.1 Å². The highest BCUT2D eigenvalue weighted by molar-refractivity contribution is 5.88. The maximum atomic E-state index is 12.4. The largest absolute Gasteiger partial charge is 0.350 e. The maximum absolute atomic E-state index is 12.4. The summed E-state index contributed by atoms with van der Waals surface area (Å²) in [5, 5.41) is 6.34. The number of hydrogen-bond acceptors (Lipinski definition) is 4. The second-order valence-electron chi connectivity index (χ2n) is 6.34. The van der Waals surface area contributed by atoms with Gasteiger partial charge in [-0.1, -0.05) is 0 Å². The molecular weight excluding hydrogens is 292 g/mol. The highest BCUT2D eigenvalue weighted by atomic mass is 16.2. The van der Waals surface area contributed by atoms with Crippen molar-refractivity contribution in [1.29, 1.82) is 0 Å². The lowest BCUT2D eigenvalue weighted by Gasteiger charge is -2.25. The average Bonchev–Trinajstić information content (AvgIpc) is 2.99. The van der Waals surface area contributed by atoms with Crippen molar-refractivity contribution in [3.05, 3.63) is 28.6 Å². The fourth-order valence-electron chi connectivity index (χ4n) is 3.42. The number of fused-ring (bicyclic) bond motifs is 1. The van der Waals surface area contributed by atoms with E-state index in [0.717, 1.165) is 37.2 Å². The monoisotopic (exact) mass is 316 g/mol. The predicted octanol–water partition coefficient (Wildman–Crippen LogP) is 0.663. The SMILES string of the molecule is Cc1ncc2c(c1CNC(=O)[C@@H](C)N1CCCC1=O)CCNC2. The van der Waals surface area contributed by atoms with Gasteiger partial charge in [-0.25, -0.2) is 0 Å². The minimum Gasteiger partial charge on any atom is -0.350 e. The number of hydrogen-bond donors (Lipinski definition) is 2. The van der Waals surface area contributed by atoms with Crippen molar-refractivity contribution in [2.24, 2.45) is 0 Å². The van der Waals surface area contributed by atoms with Crippen molar-refractivity contribution in [2.45, 2.75) is 52.2 Å². The molecule has 2 amide bonds. The molecule has 124 valence electrons. The van der Waals surface area contributed by atoms with E-state index < -0.39 is 6.04 Å². The van der Waals surface area contributed by atoms with Crippen LogP contribution in [-0.4, -0.2) is 40.8 Å². The number of carbonyl (C=O) groups excluding carboxylic acids is 2. The molecule has 2 aliphatic heterocycles. The summed E-state index contributed by atoms with van der Waals surface area (Å²) in [5.41, 5.74) is 4.61. The Hall–Kier alpha value is -1.95. The van der Waals surface area contributed by atoms with Gasteiger partial charge < -0.3 is 15.5 Å². The van der Waals surface area contributed by atoms with Crippen LogP contribution in [-0.2, 0) is 29.1 Å². The smallest absolute Gasteiger partial charge is 0.242 e. The van der Waals surface area contributed by atoms with Gasteiger partial charge in [0.05, 0.1) is 0 Å². The summed E-state index contributed by atoms with van der Waals surface area (Å²) >= 11 is 0. The van der Waals surface area contributed by atoms with Gasteiger partial charge in [0.1, 0.15) is 6.04 Å². The number of likely N-dealkylation sites (tertiary alicyclic amines) is 1. The number of aryl methyl sites for hydroxylation is 1. The van der Waals surface area contributed by atoms with E-state index >= 15 is 0 Å². The normalized spacial score (nSPS) is 18.7. The van der Waals surface area contributed by atoms with E-state index in [1.54, 1.807) is 11.8 Å². The van der Waals surface area contributed by atoms with Crippen LogP contribution in [0.2, 0.25) is 0 Å². The second-order valence-corrected chi connectivity index (χ2v) is 6.34. The quantitative estimate of drug-likeness (QED) is 0.856. The number of aromatic nitrogens is 1. The molecule has 23 heavy (non-hydrogen) atoms. The molecule has 6 nitrogen and oxygen atoms in total. The van der Waals surface area contributed by atoms with E-state index in [0.29, 0.717) is 19.5 Å². The molecule has 0 spiro atoms.